The van der Waals surface area contributed by atoms with Crippen molar-refractivity contribution in [3.8, 4) is 0 Å². The highest BCUT2D eigenvalue weighted by molar-refractivity contribution is 7.19. The van der Waals surface area contributed by atoms with Crippen LogP contribution >= 0.6 is 22.7 Å². The summed E-state index contributed by atoms with van der Waals surface area (Å²) in [6.45, 7) is 4.61. The lowest BCUT2D eigenvalue weighted by Crippen LogP contribution is -1.84. The lowest BCUT2D eigenvalue weighted by molar-refractivity contribution is 0.557. The molecule has 5 aromatic rings. The average Bonchev–Trinajstić information content (AvgIpc) is 3.66. The lowest BCUT2D eigenvalue weighted by atomic mass is 9.97. The van der Waals surface area contributed by atoms with Crippen molar-refractivity contribution in [1.29, 1.82) is 0 Å². The van der Waals surface area contributed by atoms with Crippen LogP contribution in [0.5, 0.6) is 0 Å². The number of thiophene rings is 2. The first kappa shape index (κ1) is 33.5. The number of unbranched alkanes of at least 4 members (excludes halogenated alkanes) is 18. The van der Waals surface area contributed by atoms with Gasteiger partial charge in [0.2, 0.25) is 0 Å². The number of benzene rings is 3. The second-order valence-corrected chi connectivity index (χ2v) is 15.8. The molecule has 2 heteroatoms. The molecule has 0 aliphatic heterocycles. The average molecular weight is 627 g/mol. The van der Waals surface area contributed by atoms with E-state index in [1.54, 1.807) is 9.75 Å². The van der Waals surface area contributed by atoms with Crippen LogP contribution in [0.3, 0.4) is 0 Å². The van der Waals surface area contributed by atoms with Crippen molar-refractivity contribution in [2.45, 2.75) is 155 Å². The van der Waals surface area contributed by atoms with Crippen molar-refractivity contribution >= 4 is 64.4 Å². The third-order valence-corrected chi connectivity index (χ3v) is 12.2. The van der Waals surface area contributed by atoms with Gasteiger partial charge in [-0.05, 0) is 71.5 Å². The molecule has 0 bridgehead atoms. The Hall–Kier alpha value is -1.90. The van der Waals surface area contributed by atoms with Crippen molar-refractivity contribution in [2.75, 3.05) is 0 Å². The van der Waals surface area contributed by atoms with E-state index in [9.17, 15) is 0 Å². The van der Waals surface area contributed by atoms with E-state index in [4.69, 9.17) is 0 Å². The van der Waals surface area contributed by atoms with Crippen molar-refractivity contribution in [1.82, 2.24) is 0 Å². The van der Waals surface area contributed by atoms with Crippen molar-refractivity contribution in [2.24, 2.45) is 0 Å². The SMILES string of the molecule is CCCCCCCCCCCCc1cc2c(ccc3c2ccc2c4cc(CCCCCCCCCCCC)sc4ccc23)s1. The van der Waals surface area contributed by atoms with Crippen LogP contribution in [0, 0.1) is 0 Å². The summed E-state index contributed by atoms with van der Waals surface area (Å²) in [7, 11) is 0. The van der Waals surface area contributed by atoms with Gasteiger partial charge >= 0.3 is 0 Å². The molecule has 2 aromatic heterocycles. The summed E-state index contributed by atoms with van der Waals surface area (Å²) >= 11 is 4.04. The van der Waals surface area contributed by atoms with E-state index in [0.717, 1.165) is 0 Å². The van der Waals surface area contributed by atoms with Crippen LogP contribution in [0.1, 0.15) is 152 Å². The second-order valence-electron chi connectivity index (χ2n) is 13.5. The molecule has 0 amide bonds. The van der Waals surface area contributed by atoms with E-state index in [1.165, 1.54) is 183 Å². The number of hydrogen-bond donors (Lipinski definition) is 0. The van der Waals surface area contributed by atoms with Crippen LogP contribution < -0.4 is 0 Å². The molecule has 0 unspecified atom stereocenters. The minimum Gasteiger partial charge on any atom is -0.140 e. The molecule has 0 saturated heterocycles. The fraction of sp³-hybridized carbons (Fsp3) is 0.571. The summed E-state index contributed by atoms with van der Waals surface area (Å²) in [5.41, 5.74) is 0. The van der Waals surface area contributed by atoms with Crippen molar-refractivity contribution in [3.05, 3.63) is 58.3 Å². The smallest absolute Gasteiger partial charge is 0.0352 e. The van der Waals surface area contributed by atoms with E-state index in [-0.39, 0.29) is 0 Å². The van der Waals surface area contributed by atoms with Gasteiger partial charge in [0.1, 0.15) is 0 Å². The first-order chi connectivity index (χ1) is 21.8. The molecule has 0 atom stereocenters. The summed E-state index contributed by atoms with van der Waals surface area (Å²) in [6.07, 6.45) is 30.6. The van der Waals surface area contributed by atoms with Gasteiger partial charge in [0.05, 0.1) is 0 Å². The van der Waals surface area contributed by atoms with E-state index < -0.39 is 0 Å². The van der Waals surface area contributed by atoms with Crippen LogP contribution in [0.15, 0.2) is 48.5 Å². The van der Waals surface area contributed by atoms with E-state index >= 15 is 0 Å². The van der Waals surface area contributed by atoms with E-state index in [2.05, 4.69) is 62.4 Å². The predicted molar refractivity (Wildman–Crippen MR) is 203 cm³/mol. The van der Waals surface area contributed by atoms with E-state index in [1.807, 2.05) is 22.7 Å². The van der Waals surface area contributed by atoms with Gasteiger partial charge in [0.15, 0.2) is 0 Å². The normalized spacial score (nSPS) is 12.0. The maximum atomic E-state index is 2.51. The minimum absolute atomic E-state index is 1.24. The van der Waals surface area contributed by atoms with Crippen LogP contribution in [-0.4, -0.2) is 0 Å². The first-order valence-corrected chi connectivity index (χ1v) is 20.2. The van der Waals surface area contributed by atoms with E-state index in [0.29, 0.717) is 0 Å². The Labute approximate surface area is 276 Å². The maximum absolute atomic E-state index is 2.51. The summed E-state index contributed by atoms with van der Waals surface area (Å²) in [4.78, 5) is 3.13. The fourth-order valence-electron chi connectivity index (χ4n) is 7.19. The summed E-state index contributed by atoms with van der Waals surface area (Å²) in [5.74, 6) is 0. The van der Waals surface area contributed by atoms with Crippen LogP contribution in [0.25, 0.3) is 41.7 Å². The lowest BCUT2D eigenvalue weighted by Gasteiger charge is -2.06. The third-order valence-electron chi connectivity index (χ3n) is 9.85. The maximum Gasteiger partial charge on any atom is 0.0352 e. The molecule has 238 valence electrons. The molecule has 0 N–H and O–H groups in total. The zero-order valence-electron chi connectivity index (χ0n) is 28.0. The van der Waals surface area contributed by atoms with Crippen LogP contribution in [0.4, 0.5) is 0 Å². The number of aryl methyl sites for hydroxylation is 2. The number of fused-ring (bicyclic) bond motifs is 7. The Morgan fingerprint density at radius 1 is 0.341 bits per heavy atom. The Morgan fingerprint density at radius 2 is 0.636 bits per heavy atom. The second kappa shape index (κ2) is 18.3. The molecule has 0 fully saturated rings. The molecule has 0 aliphatic carbocycles. The van der Waals surface area contributed by atoms with Gasteiger partial charge in [-0.15, -0.1) is 22.7 Å². The van der Waals surface area contributed by atoms with Gasteiger partial charge in [-0.2, -0.15) is 0 Å². The zero-order valence-corrected chi connectivity index (χ0v) is 29.6. The zero-order chi connectivity index (χ0) is 30.4. The van der Waals surface area contributed by atoms with Gasteiger partial charge < -0.3 is 0 Å². The topological polar surface area (TPSA) is 0 Å². The standard InChI is InChI=1S/C42H58S2/c1-3-5-7-9-11-13-15-17-19-21-23-33-31-39-37-25-26-38-36(35(37)27-29-41(39)43-33)28-30-42-40(38)32-34(44-42)24-22-20-18-16-14-12-10-8-6-4-2/h25-32H,3-24H2,1-2H3. The fourth-order valence-corrected chi connectivity index (χ4v) is 9.43. The quantitative estimate of drug-likeness (QED) is 0.0529. The van der Waals surface area contributed by atoms with Gasteiger partial charge in [0.25, 0.3) is 0 Å². The highest BCUT2D eigenvalue weighted by atomic mass is 32.1. The first-order valence-electron chi connectivity index (χ1n) is 18.6. The summed E-state index contributed by atoms with van der Waals surface area (Å²) in [6, 6.07) is 19.4. The Kier molecular flexibility index (Phi) is 13.9. The highest BCUT2D eigenvalue weighted by Crippen LogP contribution is 2.39. The molecule has 0 spiro atoms. The van der Waals surface area contributed by atoms with Gasteiger partial charge in [0, 0.05) is 29.9 Å². The molecule has 0 aliphatic rings. The Morgan fingerprint density at radius 3 is 1.00 bits per heavy atom. The molecular formula is C42H58S2. The molecule has 5 rings (SSSR count). The van der Waals surface area contributed by atoms with Gasteiger partial charge in [-0.3, -0.25) is 0 Å². The monoisotopic (exact) mass is 626 g/mol. The van der Waals surface area contributed by atoms with Gasteiger partial charge in [-0.25, -0.2) is 0 Å². The van der Waals surface area contributed by atoms with Gasteiger partial charge in [-0.1, -0.05) is 154 Å². The van der Waals surface area contributed by atoms with Crippen molar-refractivity contribution < 1.29 is 0 Å². The molecule has 2 heterocycles. The van der Waals surface area contributed by atoms with Crippen molar-refractivity contribution in [3.63, 3.8) is 0 Å². The minimum atomic E-state index is 1.24. The molecule has 0 radical (unpaired) electrons. The number of hydrogen-bond acceptors (Lipinski definition) is 2. The summed E-state index contributed by atoms with van der Waals surface area (Å²) in [5, 5.41) is 8.62. The molecule has 0 nitrogen and oxygen atoms in total. The molecule has 0 saturated carbocycles. The Bertz CT molecular complexity index is 1430. The van der Waals surface area contributed by atoms with Crippen LogP contribution in [0.2, 0.25) is 0 Å². The molecule has 3 aromatic carbocycles. The molecular weight excluding hydrogens is 569 g/mol. The Balaban J connectivity index is 1.14. The summed E-state index contributed by atoms with van der Waals surface area (Å²) < 4.78 is 2.91. The molecule has 44 heavy (non-hydrogen) atoms. The largest absolute Gasteiger partial charge is 0.140 e. The number of rotatable bonds is 22. The predicted octanol–water partition coefficient (Wildman–Crippen LogP) is 15.3. The van der Waals surface area contributed by atoms with Crippen LogP contribution in [-0.2, 0) is 12.8 Å². The highest BCUT2D eigenvalue weighted by Gasteiger charge is 2.12. The third kappa shape index (κ3) is 9.32.